The molecule has 1 heterocycles. The van der Waals surface area contributed by atoms with Gasteiger partial charge in [0.2, 0.25) is 12.1 Å². The van der Waals surface area contributed by atoms with Crippen LogP contribution in [0.15, 0.2) is 48.5 Å². The third-order valence-electron chi connectivity index (χ3n) is 5.51. The number of hydrogen-bond acceptors (Lipinski definition) is 7. The van der Waals surface area contributed by atoms with Gasteiger partial charge in [-0.3, -0.25) is 25.5 Å². The maximum absolute atomic E-state index is 12.0. The molecule has 0 aromatic heterocycles. The van der Waals surface area contributed by atoms with Crippen LogP contribution in [0.3, 0.4) is 0 Å². The van der Waals surface area contributed by atoms with Gasteiger partial charge in [0.15, 0.2) is 0 Å². The molecule has 1 aliphatic rings. The summed E-state index contributed by atoms with van der Waals surface area (Å²) in [5.74, 6) is -0.281. The average molecular weight is 387 g/mol. The minimum absolute atomic E-state index is 0.141. The van der Waals surface area contributed by atoms with Gasteiger partial charge in [-0.05, 0) is 26.0 Å². The zero-order chi connectivity index (χ0) is 20.6. The molecule has 2 aromatic rings. The number of phenols is 2. The molecule has 0 radical (unpaired) electrons. The van der Waals surface area contributed by atoms with Crippen LogP contribution in [0, 0.1) is 25.6 Å². The second-order valence-corrected chi connectivity index (χ2v) is 7.52. The van der Waals surface area contributed by atoms with Crippen molar-refractivity contribution in [2.24, 2.45) is 5.41 Å². The van der Waals surface area contributed by atoms with Gasteiger partial charge in [-0.15, -0.1) is 0 Å². The van der Waals surface area contributed by atoms with Gasteiger partial charge in [-0.2, -0.15) is 0 Å². The van der Waals surface area contributed by atoms with Gasteiger partial charge in [0, 0.05) is 21.0 Å². The van der Waals surface area contributed by atoms with E-state index in [4.69, 9.17) is 0 Å². The Morgan fingerprint density at radius 2 is 1.18 bits per heavy atom. The summed E-state index contributed by atoms with van der Waals surface area (Å²) < 4.78 is 0. The Balaban J connectivity index is 2.21. The molecule has 9 nitrogen and oxygen atoms in total. The molecule has 1 saturated heterocycles. The minimum atomic E-state index is -1.39. The molecule has 0 saturated carbocycles. The maximum Gasteiger partial charge on any atom is 0.244 e. The number of phenolic OH excluding ortho intramolecular Hbond substituents is 2. The number of aromatic hydroxyl groups is 2. The highest BCUT2D eigenvalue weighted by Crippen LogP contribution is 2.49. The first-order chi connectivity index (χ1) is 13.2. The Morgan fingerprint density at radius 1 is 0.821 bits per heavy atom. The molecule has 0 unspecified atom stereocenters. The van der Waals surface area contributed by atoms with E-state index in [9.17, 15) is 30.4 Å². The first kappa shape index (κ1) is 19.6. The van der Waals surface area contributed by atoms with Crippen molar-refractivity contribution in [2.75, 3.05) is 0 Å². The van der Waals surface area contributed by atoms with Crippen LogP contribution in [-0.4, -0.2) is 32.1 Å². The molecule has 0 spiro atoms. The Morgan fingerprint density at radius 3 is 1.50 bits per heavy atom. The molecule has 1 fully saturated rings. The zero-order valence-corrected chi connectivity index (χ0v) is 15.4. The molecule has 0 bridgehead atoms. The second kappa shape index (κ2) is 7.08. The topological polar surface area (TPSA) is 139 Å². The lowest BCUT2D eigenvalue weighted by Crippen LogP contribution is -2.63. The summed E-state index contributed by atoms with van der Waals surface area (Å²) in [6, 6.07) is 7.64. The highest BCUT2D eigenvalue weighted by molar-refractivity contribution is 5.40. The molecular weight excluding hydrogens is 366 g/mol. The summed E-state index contributed by atoms with van der Waals surface area (Å²) in [5, 5.41) is 47.4. The van der Waals surface area contributed by atoms with E-state index in [0.717, 1.165) is 0 Å². The van der Waals surface area contributed by atoms with Crippen molar-refractivity contribution >= 4 is 0 Å². The summed E-state index contributed by atoms with van der Waals surface area (Å²) in [7, 11) is 0. The van der Waals surface area contributed by atoms with Gasteiger partial charge in [-0.25, -0.2) is 0 Å². The van der Waals surface area contributed by atoms with Crippen LogP contribution < -0.4 is 5.32 Å². The molecule has 28 heavy (non-hydrogen) atoms. The summed E-state index contributed by atoms with van der Waals surface area (Å²) in [5.41, 5.74) is -0.836. The summed E-state index contributed by atoms with van der Waals surface area (Å²) in [4.78, 5) is 22.8. The average Bonchev–Trinajstić information content (AvgIpc) is 2.60. The summed E-state index contributed by atoms with van der Waals surface area (Å²) >= 11 is 0. The van der Waals surface area contributed by atoms with Crippen LogP contribution in [0.4, 0.5) is 0 Å². The lowest BCUT2D eigenvalue weighted by Gasteiger charge is -2.44. The van der Waals surface area contributed by atoms with Crippen molar-refractivity contribution in [3.05, 3.63) is 79.9 Å². The normalized spacial score (nSPS) is 26.5. The number of nitrogens with one attached hydrogen (secondary N) is 1. The Kier molecular flexibility index (Phi) is 4.95. The minimum Gasteiger partial charge on any atom is -0.508 e. The van der Waals surface area contributed by atoms with E-state index in [0.29, 0.717) is 0 Å². The quantitative estimate of drug-likeness (QED) is 0.541. The molecular formula is C19H21N3O6. The summed E-state index contributed by atoms with van der Waals surface area (Å²) in [6.45, 7) is 2.96. The van der Waals surface area contributed by atoms with Gasteiger partial charge in [0.25, 0.3) is 0 Å². The van der Waals surface area contributed by atoms with E-state index in [2.05, 4.69) is 5.32 Å². The lowest BCUT2D eigenvalue weighted by molar-refractivity contribution is -0.605. The van der Waals surface area contributed by atoms with Crippen LogP contribution in [0.5, 0.6) is 11.5 Å². The predicted molar refractivity (Wildman–Crippen MR) is 100 cm³/mol. The zero-order valence-electron chi connectivity index (χ0n) is 15.4. The number of rotatable bonds is 4. The SMILES string of the molecule is CC1(C)[C@@H]([N+](=O)[O-])[C@H](c2ccccc2O)N[C@@H](c2ccccc2O)[C@H]1[N+](=O)[O-]. The molecule has 0 aliphatic carbocycles. The van der Waals surface area contributed by atoms with Gasteiger partial charge in [0.1, 0.15) is 29.0 Å². The molecule has 9 heteroatoms. The largest absolute Gasteiger partial charge is 0.508 e. The molecule has 4 atom stereocenters. The van der Waals surface area contributed by atoms with E-state index in [1.54, 1.807) is 36.4 Å². The predicted octanol–water partition coefficient (Wildman–Crippen LogP) is 2.80. The Labute approximate surface area is 160 Å². The number of piperidine rings is 1. The number of nitro groups is 2. The standard InChI is InChI=1S/C19H21N3O6/c1-19(2)17(21(25)26)15(11-7-3-5-9-13(11)23)20-16(18(19)22(27)28)12-8-4-6-10-14(12)24/h3-10,15-18,20,23-24H,1-2H3/t15-,16-,17-,18+/m0/s1. The van der Waals surface area contributed by atoms with E-state index in [1.165, 1.54) is 26.0 Å². The van der Waals surface area contributed by atoms with Crippen LogP contribution in [-0.2, 0) is 0 Å². The van der Waals surface area contributed by atoms with E-state index in [1.807, 2.05) is 0 Å². The van der Waals surface area contributed by atoms with Gasteiger partial charge >= 0.3 is 0 Å². The van der Waals surface area contributed by atoms with Crippen molar-refractivity contribution < 1.29 is 20.1 Å². The first-order valence-corrected chi connectivity index (χ1v) is 8.75. The molecule has 148 valence electrons. The molecule has 0 amide bonds. The number of hydrogen-bond donors (Lipinski definition) is 3. The number of benzene rings is 2. The van der Waals surface area contributed by atoms with Crippen LogP contribution in [0.2, 0.25) is 0 Å². The van der Waals surface area contributed by atoms with Crippen LogP contribution in [0.25, 0.3) is 0 Å². The third kappa shape index (κ3) is 3.13. The van der Waals surface area contributed by atoms with Crippen LogP contribution in [0.1, 0.15) is 37.1 Å². The summed E-state index contributed by atoms with van der Waals surface area (Å²) in [6.07, 6.45) is 0. The smallest absolute Gasteiger partial charge is 0.244 e. The Bertz CT molecular complexity index is 845. The van der Waals surface area contributed by atoms with Crippen molar-refractivity contribution in [3.63, 3.8) is 0 Å². The fraction of sp³-hybridized carbons (Fsp3) is 0.368. The number of nitrogens with zero attached hydrogens (tertiary/aromatic N) is 2. The van der Waals surface area contributed by atoms with Gasteiger partial charge < -0.3 is 10.2 Å². The highest BCUT2D eigenvalue weighted by atomic mass is 16.6. The molecule has 1 aliphatic heterocycles. The highest BCUT2D eigenvalue weighted by Gasteiger charge is 2.63. The van der Waals surface area contributed by atoms with Crippen molar-refractivity contribution in [1.82, 2.24) is 5.32 Å². The van der Waals surface area contributed by atoms with Gasteiger partial charge in [0.05, 0.1) is 0 Å². The van der Waals surface area contributed by atoms with E-state index >= 15 is 0 Å². The molecule has 2 aromatic carbocycles. The lowest BCUT2D eigenvalue weighted by atomic mass is 9.66. The van der Waals surface area contributed by atoms with Crippen molar-refractivity contribution in [1.29, 1.82) is 0 Å². The first-order valence-electron chi connectivity index (χ1n) is 8.75. The number of para-hydroxylation sites is 2. The monoisotopic (exact) mass is 387 g/mol. The Hall–Kier alpha value is -3.20. The van der Waals surface area contributed by atoms with E-state index < -0.39 is 39.4 Å². The van der Waals surface area contributed by atoms with Crippen LogP contribution >= 0.6 is 0 Å². The fourth-order valence-corrected chi connectivity index (χ4v) is 4.22. The molecule has 3 rings (SSSR count). The third-order valence-corrected chi connectivity index (χ3v) is 5.51. The second-order valence-electron chi connectivity index (χ2n) is 7.52. The van der Waals surface area contributed by atoms with E-state index in [-0.39, 0.29) is 22.6 Å². The maximum atomic E-state index is 12.0. The molecule has 3 N–H and O–H groups in total. The fourth-order valence-electron chi connectivity index (χ4n) is 4.22. The van der Waals surface area contributed by atoms with Gasteiger partial charge in [-0.1, -0.05) is 36.4 Å². The van der Waals surface area contributed by atoms with Crippen molar-refractivity contribution in [2.45, 2.75) is 38.0 Å². The van der Waals surface area contributed by atoms with Crippen molar-refractivity contribution in [3.8, 4) is 11.5 Å².